The van der Waals surface area contributed by atoms with Crippen molar-refractivity contribution in [3.8, 4) is 5.75 Å². The first-order valence-corrected chi connectivity index (χ1v) is 10.1. The molecule has 0 aliphatic heterocycles. The Morgan fingerprint density at radius 2 is 1.65 bits per heavy atom. The molecule has 0 saturated carbocycles. The lowest BCUT2D eigenvalue weighted by Gasteiger charge is -2.13. The fourth-order valence-corrected chi connectivity index (χ4v) is 3.20. The van der Waals surface area contributed by atoms with Gasteiger partial charge in [-0.1, -0.05) is 37.6 Å². The molecule has 0 bridgehead atoms. The summed E-state index contributed by atoms with van der Waals surface area (Å²) in [6.45, 7) is 3.99. The Hall–Kier alpha value is -3.80. The summed E-state index contributed by atoms with van der Waals surface area (Å²) in [7, 11) is 0. The van der Waals surface area contributed by atoms with Crippen LogP contribution < -0.4 is 10.5 Å². The van der Waals surface area contributed by atoms with E-state index in [9.17, 15) is 9.59 Å². The molecule has 0 aliphatic rings. The zero-order chi connectivity index (χ0) is 22.4. The van der Waals surface area contributed by atoms with Crippen LogP contribution in [-0.4, -0.2) is 22.4 Å². The zero-order valence-electron chi connectivity index (χ0n) is 17.6. The number of carbonyl (C=O) groups excluding carboxylic acids is 2. The van der Waals surface area contributed by atoms with E-state index in [0.717, 1.165) is 29.7 Å². The van der Waals surface area contributed by atoms with Gasteiger partial charge >= 0.3 is 0 Å². The lowest BCUT2D eigenvalue weighted by atomic mass is 10.0. The molecule has 6 nitrogen and oxygen atoms in total. The molecule has 1 aromatic heterocycles. The standard InChI is InChI=1S/C25H25N3O3/c1-3-4-20-11-19(16(2)29)9-10-23(20)31-15-17-5-7-18(8-6-17)24(30)21-12-22(25(26)27)14-28-13-21/h5-14H,3-4,15H2,1-2H3,(H3,26,27). The Morgan fingerprint density at radius 3 is 2.29 bits per heavy atom. The van der Waals surface area contributed by atoms with Gasteiger partial charge < -0.3 is 10.5 Å². The molecule has 1 heterocycles. The average Bonchev–Trinajstić information content (AvgIpc) is 2.78. The van der Waals surface area contributed by atoms with Gasteiger partial charge in [0, 0.05) is 34.6 Å². The van der Waals surface area contributed by atoms with Crippen LogP contribution in [-0.2, 0) is 13.0 Å². The van der Waals surface area contributed by atoms with Crippen molar-refractivity contribution in [2.45, 2.75) is 33.3 Å². The molecule has 2 aromatic carbocycles. The monoisotopic (exact) mass is 415 g/mol. The van der Waals surface area contributed by atoms with Crippen LogP contribution in [0.3, 0.4) is 0 Å². The molecule has 3 rings (SSSR count). The number of ether oxygens (including phenoxy) is 1. The number of pyridine rings is 1. The van der Waals surface area contributed by atoms with E-state index in [1.54, 1.807) is 31.2 Å². The van der Waals surface area contributed by atoms with E-state index < -0.39 is 0 Å². The van der Waals surface area contributed by atoms with Crippen LogP contribution in [0.2, 0.25) is 0 Å². The Kier molecular flexibility index (Phi) is 6.92. The highest BCUT2D eigenvalue weighted by Gasteiger charge is 2.12. The number of Topliss-reactive ketones (excluding diaryl/α,β-unsaturated/α-hetero) is 1. The summed E-state index contributed by atoms with van der Waals surface area (Å²) in [4.78, 5) is 28.3. The number of amidine groups is 1. The molecule has 0 radical (unpaired) electrons. The maximum atomic E-state index is 12.7. The molecule has 0 saturated heterocycles. The number of nitrogens with zero attached hydrogens (tertiary/aromatic N) is 1. The fraction of sp³-hybridized carbons (Fsp3) is 0.200. The maximum absolute atomic E-state index is 12.7. The zero-order valence-corrected chi connectivity index (χ0v) is 17.6. The molecule has 3 N–H and O–H groups in total. The van der Waals surface area contributed by atoms with Crippen LogP contribution >= 0.6 is 0 Å². The molecule has 6 heteroatoms. The lowest BCUT2D eigenvalue weighted by molar-refractivity contribution is 0.101. The van der Waals surface area contributed by atoms with Crippen LogP contribution in [0.15, 0.2) is 60.9 Å². The van der Waals surface area contributed by atoms with E-state index in [0.29, 0.717) is 28.9 Å². The largest absolute Gasteiger partial charge is 0.489 e. The van der Waals surface area contributed by atoms with E-state index >= 15 is 0 Å². The van der Waals surface area contributed by atoms with Gasteiger partial charge in [-0.15, -0.1) is 0 Å². The second-order valence-corrected chi connectivity index (χ2v) is 7.32. The smallest absolute Gasteiger partial charge is 0.194 e. The molecule has 158 valence electrons. The van der Waals surface area contributed by atoms with Gasteiger partial charge in [0.2, 0.25) is 0 Å². The van der Waals surface area contributed by atoms with Gasteiger partial charge in [0.25, 0.3) is 0 Å². The van der Waals surface area contributed by atoms with E-state index in [1.807, 2.05) is 24.3 Å². The fourth-order valence-electron chi connectivity index (χ4n) is 3.20. The van der Waals surface area contributed by atoms with Crippen LogP contribution in [0.4, 0.5) is 0 Å². The van der Waals surface area contributed by atoms with Gasteiger partial charge in [-0.3, -0.25) is 20.0 Å². The van der Waals surface area contributed by atoms with E-state index in [-0.39, 0.29) is 17.4 Å². The van der Waals surface area contributed by atoms with Crippen molar-refractivity contribution >= 4 is 17.4 Å². The normalized spacial score (nSPS) is 10.5. The number of ketones is 2. The quantitative estimate of drug-likeness (QED) is 0.307. The highest BCUT2D eigenvalue weighted by Crippen LogP contribution is 2.23. The first kappa shape index (κ1) is 21.9. The van der Waals surface area contributed by atoms with Crippen molar-refractivity contribution in [2.24, 2.45) is 5.73 Å². The number of aryl methyl sites for hydroxylation is 1. The Morgan fingerprint density at radius 1 is 0.968 bits per heavy atom. The number of hydrogen-bond acceptors (Lipinski definition) is 5. The molecular formula is C25H25N3O3. The van der Waals surface area contributed by atoms with Crippen molar-refractivity contribution in [1.29, 1.82) is 5.41 Å². The third-order valence-electron chi connectivity index (χ3n) is 4.91. The average molecular weight is 415 g/mol. The Bertz CT molecular complexity index is 1120. The predicted molar refractivity (Wildman–Crippen MR) is 120 cm³/mol. The van der Waals surface area contributed by atoms with Crippen molar-refractivity contribution in [3.05, 3.63) is 94.3 Å². The van der Waals surface area contributed by atoms with Crippen molar-refractivity contribution in [2.75, 3.05) is 0 Å². The number of benzene rings is 2. The van der Waals surface area contributed by atoms with Gasteiger partial charge in [-0.2, -0.15) is 0 Å². The number of nitrogens with one attached hydrogen (secondary N) is 1. The molecule has 0 amide bonds. The van der Waals surface area contributed by atoms with Crippen molar-refractivity contribution in [3.63, 3.8) is 0 Å². The summed E-state index contributed by atoms with van der Waals surface area (Å²) in [6, 6.07) is 14.3. The summed E-state index contributed by atoms with van der Waals surface area (Å²) in [6.07, 6.45) is 4.70. The number of hydrogen-bond donors (Lipinski definition) is 2. The molecule has 0 fully saturated rings. The summed E-state index contributed by atoms with van der Waals surface area (Å²) < 4.78 is 5.99. The van der Waals surface area contributed by atoms with Gasteiger partial charge in [-0.25, -0.2) is 0 Å². The third kappa shape index (κ3) is 5.42. The molecule has 0 atom stereocenters. The second-order valence-electron chi connectivity index (χ2n) is 7.32. The van der Waals surface area contributed by atoms with E-state index in [4.69, 9.17) is 15.9 Å². The third-order valence-corrected chi connectivity index (χ3v) is 4.91. The van der Waals surface area contributed by atoms with E-state index in [2.05, 4.69) is 11.9 Å². The van der Waals surface area contributed by atoms with Crippen molar-refractivity contribution < 1.29 is 14.3 Å². The Labute approximate surface area is 181 Å². The maximum Gasteiger partial charge on any atom is 0.194 e. The van der Waals surface area contributed by atoms with Crippen LogP contribution in [0.25, 0.3) is 0 Å². The molecule has 0 spiro atoms. The SMILES string of the molecule is CCCc1cc(C(C)=O)ccc1OCc1ccc(C(=O)c2cncc(C(=N)N)c2)cc1. The number of nitrogens with two attached hydrogens (primary N) is 1. The molecule has 0 aliphatic carbocycles. The number of aromatic nitrogens is 1. The van der Waals surface area contributed by atoms with E-state index in [1.165, 1.54) is 12.4 Å². The first-order valence-electron chi connectivity index (χ1n) is 10.1. The number of nitrogen functional groups attached to an aromatic ring is 1. The number of carbonyl (C=O) groups is 2. The van der Waals surface area contributed by atoms with Gasteiger partial charge in [0.1, 0.15) is 18.2 Å². The van der Waals surface area contributed by atoms with Gasteiger partial charge in [0.05, 0.1) is 0 Å². The van der Waals surface area contributed by atoms with Crippen molar-refractivity contribution in [1.82, 2.24) is 4.98 Å². The first-order chi connectivity index (χ1) is 14.9. The van der Waals surface area contributed by atoms with Crippen LogP contribution in [0, 0.1) is 5.41 Å². The summed E-state index contributed by atoms with van der Waals surface area (Å²) >= 11 is 0. The molecule has 3 aromatic rings. The highest BCUT2D eigenvalue weighted by atomic mass is 16.5. The minimum absolute atomic E-state index is 0.0354. The van der Waals surface area contributed by atoms with Crippen LogP contribution in [0.1, 0.15) is 63.2 Å². The second kappa shape index (κ2) is 9.80. The van der Waals surface area contributed by atoms with Crippen LogP contribution in [0.5, 0.6) is 5.75 Å². The molecule has 31 heavy (non-hydrogen) atoms. The predicted octanol–water partition coefficient (Wildman–Crippen LogP) is 4.33. The topological polar surface area (TPSA) is 106 Å². The lowest BCUT2D eigenvalue weighted by Crippen LogP contribution is -2.13. The number of rotatable bonds is 9. The minimum atomic E-state index is -0.187. The van der Waals surface area contributed by atoms with Gasteiger partial charge in [0.15, 0.2) is 11.6 Å². The highest BCUT2D eigenvalue weighted by molar-refractivity contribution is 6.10. The van der Waals surface area contributed by atoms with Gasteiger partial charge in [-0.05, 0) is 48.7 Å². The summed E-state index contributed by atoms with van der Waals surface area (Å²) in [5.74, 6) is 0.480. The minimum Gasteiger partial charge on any atom is -0.489 e. The molecular weight excluding hydrogens is 390 g/mol. The Balaban J connectivity index is 1.71. The summed E-state index contributed by atoms with van der Waals surface area (Å²) in [5, 5.41) is 7.49. The molecule has 0 unspecified atom stereocenters. The summed E-state index contributed by atoms with van der Waals surface area (Å²) in [5.41, 5.74) is 9.40.